The first-order valence-corrected chi connectivity index (χ1v) is 1.37. The molecular weight excluding hydrogens is 80.1 g/mol. The van der Waals surface area contributed by atoms with Gasteiger partial charge in [-0.25, -0.2) is 0 Å². The minimum Gasteiger partial charge on any atom is -0.323 e. The highest BCUT2D eigenvalue weighted by Gasteiger charge is 1.51. The molecule has 0 aliphatic carbocycles. The first-order chi connectivity index (χ1) is 2.91. The Hall–Kier alpha value is -1.06. The summed E-state index contributed by atoms with van der Waals surface area (Å²) in [6.07, 6.45) is 2.58. The maximum Gasteiger partial charge on any atom is 0.0666 e. The summed E-state index contributed by atoms with van der Waals surface area (Å²) in [6.45, 7) is 0. The second-order valence-corrected chi connectivity index (χ2v) is 0.596. The number of nitrogens with zero attached hydrogens (tertiary/aromatic N) is 2. The third-order valence-corrected chi connectivity index (χ3v) is 0.239. The Balaban J connectivity index is 3.07. The molecule has 0 spiro atoms. The molecule has 4 heteroatoms. The summed E-state index contributed by atoms with van der Waals surface area (Å²) in [5.74, 6) is 9.27. The molecule has 0 heterocycles. The van der Waals surface area contributed by atoms with Crippen molar-refractivity contribution in [2.24, 2.45) is 21.9 Å². The molecule has 0 radical (unpaired) electrons. The van der Waals surface area contributed by atoms with Gasteiger partial charge in [0, 0.05) is 0 Å². The van der Waals surface area contributed by atoms with E-state index < -0.39 is 0 Å². The predicted molar refractivity (Wildman–Crippen MR) is 25.4 cm³/mol. The zero-order valence-electron chi connectivity index (χ0n) is 3.20. The van der Waals surface area contributed by atoms with Gasteiger partial charge in [-0.05, 0) is 0 Å². The minimum absolute atomic E-state index is 1.29. The van der Waals surface area contributed by atoms with Crippen molar-refractivity contribution in [3.8, 4) is 0 Å². The summed E-state index contributed by atoms with van der Waals surface area (Å²) < 4.78 is 0. The molecular formula is C2H6N4. The van der Waals surface area contributed by atoms with Gasteiger partial charge in [-0.15, -0.1) is 0 Å². The molecule has 0 amide bonds. The van der Waals surface area contributed by atoms with Crippen LogP contribution in [0.2, 0.25) is 0 Å². The molecule has 0 aromatic rings. The standard InChI is InChI=1S/C2H6N4/c3-5-1-2-6-4/h1-2H,3-4H2. The second kappa shape index (κ2) is 3.94. The number of hydrazone groups is 2. The fourth-order valence-corrected chi connectivity index (χ4v) is 0.0770. The third kappa shape index (κ3) is 2.94. The van der Waals surface area contributed by atoms with Crippen LogP contribution in [0.25, 0.3) is 0 Å². The Labute approximate surface area is 35.5 Å². The lowest BCUT2D eigenvalue weighted by Gasteiger charge is -1.65. The molecule has 4 nitrogen and oxygen atoms in total. The third-order valence-electron chi connectivity index (χ3n) is 0.239. The number of hydrogen-bond acceptors (Lipinski definition) is 4. The molecule has 0 saturated carbocycles. The molecule has 0 aromatic heterocycles. The lowest BCUT2D eigenvalue weighted by molar-refractivity contribution is 1.25. The molecule has 4 N–H and O–H groups in total. The van der Waals surface area contributed by atoms with E-state index in [0.29, 0.717) is 0 Å². The highest BCUT2D eigenvalue weighted by molar-refractivity contribution is 6.15. The molecule has 0 bridgehead atoms. The largest absolute Gasteiger partial charge is 0.323 e. The number of nitrogens with two attached hydrogens (primary N) is 2. The maximum absolute atomic E-state index is 4.64. The minimum atomic E-state index is 1.29. The van der Waals surface area contributed by atoms with E-state index in [-0.39, 0.29) is 0 Å². The van der Waals surface area contributed by atoms with Crippen molar-refractivity contribution in [1.29, 1.82) is 0 Å². The number of hydrogen-bond donors (Lipinski definition) is 2. The van der Waals surface area contributed by atoms with E-state index >= 15 is 0 Å². The fourth-order valence-electron chi connectivity index (χ4n) is 0.0770. The van der Waals surface area contributed by atoms with Gasteiger partial charge in [0.1, 0.15) is 0 Å². The molecule has 6 heavy (non-hydrogen) atoms. The first kappa shape index (κ1) is 4.94. The van der Waals surface area contributed by atoms with Crippen LogP contribution in [0.3, 0.4) is 0 Å². The lowest BCUT2D eigenvalue weighted by Crippen LogP contribution is -1.86. The number of rotatable bonds is 1. The molecule has 0 atom stereocenters. The van der Waals surface area contributed by atoms with Crippen LogP contribution in [-0.4, -0.2) is 12.4 Å². The van der Waals surface area contributed by atoms with Gasteiger partial charge >= 0.3 is 0 Å². The monoisotopic (exact) mass is 86.1 g/mol. The lowest BCUT2D eigenvalue weighted by atomic mass is 10.8. The van der Waals surface area contributed by atoms with Gasteiger partial charge in [0.2, 0.25) is 0 Å². The van der Waals surface area contributed by atoms with E-state index in [1.54, 1.807) is 0 Å². The van der Waals surface area contributed by atoms with Gasteiger partial charge in [-0.1, -0.05) is 0 Å². The van der Waals surface area contributed by atoms with E-state index in [1.807, 2.05) is 0 Å². The second-order valence-electron chi connectivity index (χ2n) is 0.596. The topological polar surface area (TPSA) is 76.8 Å². The van der Waals surface area contributed by atoms with Crippen LogP contribution >= 0.6 is 0 Å². The summed E-state index contributed by atoms with van der Waals surface area (Å²) in [5, 5.41) is 6.14. The van der Waals surface area contributed by atoms with Crippen molar-refractivity contribution in [2.75, 3.05) is 0 Å². The Morgan fingerprint density at radius 3 is 1.50 bits per heavy atom. The van der Waals surface area contributed by atoms with Crippen molar-refractivity contribution in [3.63, 3.8) is 0 Å². The van der Waals surface area contributed by atoms with E-state index in [0.717, 1.165) is 0 Å². The van der Waals surface area contributed by atoms with Gasteiger partial charge in [-0.2, -0.15) is 10.2 Å². The van der Waals surface area contributed by atoms with Gasteiger partial charge in [-0.3, -0.25) is 0 Å². The van der Waals surface area contributed by atoms with Crippen LogP contribution in [0.5, 0.6) is 0 Å². The van der Waals surface area contributed by atoms with Crippen molar-refractivity contribution >= 4 is 12.4 Å². The smallest absolute Gasteiger partial charge is 0.0666 e. The Kier molecular flexibility index (Phi) is 3.24. The van der Waals surface area contributed by atoms with Crippen LogP contribution in [0.15, 0.2) is 10.2 Å². The summed E-state index contributed by atoms with van der Waals surface area (Å²) in [5.41, 5.74) is 0. The summed E-state index contributed by atoms with van der Waals surface area (Å²) >= 11 is 0. The van der Waals surface area contributed by atoms with E-state index in [4.69, 9.17) is 0 Å². The van der Waals surface area contributed by atoms with Crippen LogP contribution in [0, 0.1) is 0 Å². The molecule has 0 aromatic carbocycles. The van der Waals surface area contributed by atoms with E-state index in [9.17, 15) is 0 Å². The van der Waals surface area contributed by atoms with Gasteiger partial charge in [0.25, 0.3) is 0 Å². The Bertz CT molecular complexity index is 53.9. The van der Waals surface area contributed by atoms with Gasteiger partial charge < -0.3 is 11.7 Å². The van der Waals surface area contributed by atoms with Crippen molar-refractivity contribution in [3.05, 3.63) is 0 Å². The summed E-state index contributed by atoms with van der Waals surface area (Å²) in [6, 6.07) is 0. The summed E-state index contributed by atoms with van der Waals surface area (Å²) in [7, 11) is 0. The van der Waals surface area contributed by atoms with Crippen LogP contribution in [0.1, 0.15) is 0 Å². The molecule has 0 aliphatic heterocycles. The summed E-state index contributed by atoms with van der Waals surface area (Å²) in [4.78, 5) is 0. The van der Waals surface area contributed by atoms with E-state index in [2.05, 4.69) is 21.9 Å². The molecule has 0 rings (SSSR count). The quantitative estimate of drug-likeness (QED) is 0.241. The highest BCUT2D eigenvalue weighted by Crippen LogP contribution is 1.37. The predicted octanol–water partition coefficient (Wildman–Crippen LogP) is -1.12. The molecule has 0 aliphatic rings. The average molecular weight is 86.1 g/mol. The van der Waals surface area contributed by atoms with E-state index in [1.165, 1.54) is 12.4 Å². The van der Waals surface area contributed by atoms with Crippen molar-refractivity contribution in [1.82, 2.24) is 0 Å². The molecule has 0 unspecified atom stereocenters. The SMILES string of the molecule is NN=CC=NN. The average Bonchev–Trinajstić information content (AvgIpc) is 1.61. The van der Waals surface area contributed by atoms with Crippen molar-refractivity contribution in [2.45, 2.75) is 0 Å². The van der Waals surface area contributed by atoms with Crippen LogP contribution in [0.4, 0.5) is 0 Å². The molecule has 34 valence electrons. The van der Waals surface area contributed by atoms with Crippen molar-refractivity contribution < 1.29 is 0 Å². The zero-order chi connectivity index (χ0) is 4.83. The van der Waals surface area contributed by atoms with Gasteiger partial charge in [0.05, 0.1) is 12.4 Å². The highest BCUT2D eigenvalue weighted by atomic mass is 15.1. The molecule has 0 fully saturated rings. The maximum atomic E-state index is 4.64. The van der Waals surface area contributed by atoms with Crippen LogP contribution in [-0.2, 0) is 0 Å². The Morgan fingerprint density at radius 1 is 1.00 bits per heavy atom. The van der Waals surface area contributed by atoms with Gasteiger partial charge in [0.15, 0.2) is 0 Å². The zero-order valence-corrected chi connectivity index (χ0v) is 3.20. The fraction of sp³-hybridized carbons (Fsp3) is 0. The molecule has 0 saturated heterocycles. The van der Waals surface area contributed by atoms with Crippen LogP contribution < -0.4 is 11.7 Å². The Morgan fingerprint density at radius 2 is 1.33 bits per heavy atom. The normalized spacial score (nSPS) is 11.3. The first-order valence-electron chi connectivity index (χ1n) is 1.37.